The molecule has 0 aromatic heterocycles. The summed E-state index contributed by atoms with van der Waals surface area (Å²) in [5.41, 5.74) is 1.38. The third-order valence-electron chi connectivity index (χ3n) is 1.20. The molecule has 0 saturated carbocycles. The maximum absolute atomic E-state index is 4.90. The monoisotopic (exact) mass is 127 g/mol. The fourth-order valence-electron chi connectivity index (χ4n) is 0.730. The topological polar surface area (TPSA) is 12.0 Å². The van der Waals surface area contributed by atoms with Gasteiger partial charge in [0.1, 0.15) is 0 Å². The van der Waals surface area contributed by atoms with Crippen molar-refractivity contribution in [1.82, 2.24) is 5.32 Å². The first kappa shape index (κ1) is 5.76. The van der Waals surface area contributed by atoms with Crippen LogP contribution in [0.2, 0.25) is 0 Å². The zero-order chi connectivity index (χ0) is 5.98. The number of nitrogens with one attached hydrogen (secondary N) is 1. The fraction of sp³-hybridized carbons (Fsp3) is 0.500. The van der Waals surface area contributed by atoms with Gasteiger partial charge in [-0.25, -0.2) is 0 Å². The molecule has 1 aliphatic heterocycles. The lowest BCUT2D eigenvalue weighted by molar-refractivity contribution is 0.846. The second-order valence-corrected chi connectivity index (χ2v) is 2.47. The van der Waals surface area contributed by atoms with Crippen molar-refractivity contribution in [3.05, 3.63) is 11.6 Å². The Bertz CT molecular complexity index is 137. The molecule has 0 aliphatic carbocycles. The Morgan fingerprint density at radius 2 is 2.50 bits per heavy atom. The molecule has 1 nitrogen and oxygen atoms in total. The van der Waals surface area contributed by atoms with Gasteiger partial charge in [0.15, 0.2) is 0 Å². The van der Waals surface area contributed by atoms with Crippen molar-refractivity contribution in [2.75, 3.05) is 6.54 Å². The van der Waals surface area contributed by atoms with Gasteiger partial charge < -0.3 is 5.32 Å². The Morgan fingerprint density at radius 1 is 1.75 bits per heavy atom. The Morgan fingerprint density at radius 3 is 2.88 bits per heavy atom. The van der Waals surface area contributed by atoms with Gasteiger partial charge in [-0.1, -0.05) is 17.8 Å². The van der Waals surface area contributed by atoms with Crippen molar-refractivity contribution in [1.29, 1.82) is 0 Å². The molecule has 8 heavy (non-hydrogen) atoms. The van der Waals surface area contributed by atoms with Gasteiger partial charge in [-0.3, -0.25) is 0 Å². The highest BCUT2D eigenvalue weighted by Crippen LogP contribution is 2.02. The highest BCUT2D eigenvalue weighted by molar-refractivity contribution is 7.80. The highest BCUT2D eigenvalue weighted by atomic mass is 32.1. The molecule has 1 heterocycles. The number of thiocarbonyl (C=S) groups is 1. The quantitative estimate of drug-likeness (QED) is 0.491. The van der Waals surface area contributed by atoms with E-state index in [1.54, 1.807) is 0 Å². The normalized spacial score (nSPS) is 19.6. The van der Waals surface area contributed by atoms with Crippen LogP contribution in [0.25, 0.3) is 0 Å². The molecule has 0 aromatic rings. The second-order valence-electron chi connectivity index (χ2n) is 2.03. The van der Waals surface area contributed by atoms with Crippen LogP contribution in [0.4, 0.5) is 0 Å². The Balaban J connectivity index is 2.64. The lowest BCUT2D eigenvalue weighted by Gasteiger charge is -2.10. The second kappa shape index (κ2) is 2.27. The molecule has 1 rings (SSSR count). The van der Waals surface area contributed by atoms with Crippen LogP contribution in [0.3, 0.4) is 0 Å². The molecule has 2 heteroatoms. The number of rotatable bonds is 0. The van der Waals surface area contributed by atoms with Crippen molar-refractivity contribution in [2.24, 2.45) is 0 Å². The minimum atomic E-state index is 0.883. The van der Waals surface area contributed by atoms with E-state index in [9.17, 15) is 0 Å². The molecule has 0 bridgehead atoms. The molecule has 0 radical (unpaired) electrons. The predicted octanol–water partition coefficient (Wildman–Crippen LogP) is 1.25. The third-order valence-corrected chi connectivity index (χ3v) is 1.46. The van der Waals surface area contributed by atoms with Gasteiger partial charge in [-0.2, -0.15) is 0 Å². The van der Waals surface area contributed by atoms with Crippen LogP contribution < -0.4 is 5.32 Å². The first-order valence-corrected chi connectivity index (χ1v) is 3.15. The van der Waals surface area contributed by atoms with Crippen LogP contribution in [0.15, 0.2) is 11.6 Å². The van der Waals surface area contributed by atoms with Crippen LogP contribution in [-0.4, -0.2) is 11.5 Å². The van der Waals surface area contributed by atoms with Crippen LogP contribution in [0.5, 0.6) is 0 Å². The Kier molecular flexibility index (Phi) is 1.63. The molecular formula is C6H9NS. The minimum absolute atomic E-state index is 0.883. The maximum atomic E-state index is 4.90. The summed E-state index contributed by atoms with van der Waals surface area (Å²) in [5, 5.41) is 3.07. The first-order chi connectivity index (χ1) is 3.79. The average molecular weight is 127 g/mol. The van der Waals surface area contributed by atoms with Crippen molar-refractivity contribution >= 4 is 17.2 Å². The molecule has 0 fully saturated rings. The van der Waals surface area contributed by atoms with Gasteiger partial charge >= 0.3 is 0 Å². The Hall–Kier alpha value is -0.370. The van der Waals surface area contributed by atoms with Crippen LogP contribution in [0, 0.1) is 0 Å². The molecule has 44 valence electrons. The maximum Gasteiger partial charge on any atom is 0.0987 e. The van der Waals surface area contributed by atoms with Gasteiger partial charge in [-0.15, -0.1) is 0 Å². The van der Waals surface area contributed by atoms with Crippen LogP contribution >= 0.6 is 12.2 Å². The minimum Gasteiger partial charge on any atom is -0.376 e. The van der Waals surface area contributed by atoms with E-state index in [1.165, 1.54) is 5.57 Å². The van der Waals surface area contributed by atoms with E-state index in [-0.39, 0.29) is 0 Å². The van der Waals surface area contributed by atoms with E-state index in [0.717, 1.165) is 18.0 Å². The highest BCUT2D eigenvalue weighted by Gasteiger charge is 1.99. The SMILES string of the molecule is CC1=CC(=S)NCC1. The molecule has 1 aliphatic rings. The van der Waals surface area contributed by atoms with Crippen molar-refractivity contribution in [2.45, 2.75) is 13.3 Å². The molecule has 0 spiro atoms. The lowest BCUT2D eigenvalue weighted by atomic mass is 10.1. The number of hydrogen-bond donors (Lipinski definition) is 1. The third kappa shape index (κ3) is 1.30. The Labute approximate surface area is 54.8 Å². The smallest absolute Gasteiger partial charge is 0.0987 e. The molecular weight excluding hydrogens is 118 g/mol. The molecule has 1 N–H and O–H groups in total. The molecule has 0 aromatic carbocycles. The molecule has 0 unspecified atom stereocenters. The largest absolute Gasteiger partial charge is 0.376 e. The van der Waals surface area contributed by atoms with E-state index in [1.807, 2.05) is 6.08 Å². The predicted molar refractivity (Wildman–Crippen MR) is 39.0 cm³/mol. The molecule has 0 atom stereocenters. The molecule has 0 amide bonds. The van der Waals surface area contributed by atoms with Crippen molar-refractivity contribution < 1.29 is 0 Å². The number of hydrogen-bond acceptors (Lipinski definition) is 1. The summed E-state index contributed by atoms with van der Waals surface area (Å²) in [5.74, 6) is 0. The summed E-state index contributed by atoms with van der Waals surface area (Å²) >= 11 is 4.90. The van der Waals surface area contributed by atoms with Crippen LogP contribution in [0.1, 0.15) is 13.3 Å². The van der Waals surface area contributed by atoms with E-state index in [2.05, 4.69) is 12.2 Å². The van der Waals surface area contributed by atoms with E-state index in [0.29, 0.717) is 0 Å². The summed E-state index contributed by atoms with van der Waals surface area (Å²) in [4.78, 5) is 0.883. The molecule has 0 saturated heterocycles. The standard InChI is InChI=1S/C6H9NS/c1-5-2-3-7-6(8)4-5/h4H,2-3H2,1H3,(H,7,8). The average Bonchev–Trinajstić information content (AvgIpc) is 1.64. The van der Waals surface area contributed by atoms with Crippen molar-refractivity contribution in [3.8, 4) is 0 Å². The van der Waals surface area contributed by atoms with E-state index >= 15 is 0 Å². The summed E-state index contributed by atoms with van der Waals surface area (Å²) in [7, 11) is 0. The van der Waals surface area contributed by atoms with Gasteiger partial charge in [0.05, 0.1) is 4.99 Å². The van der Waals surface area contributed by atoms with Crippen LogP contribution in [-0.2, 0) is 0 Å². The lowest BCUT2D eigenvalue weighted by Crippen LogP contribution is -2.24. The van der Waals surface area contributed by atoms with Gasteiger partial charge in [-0.05, 0) is 19.4 Å². The van der Waals surface area contributed by atoms with E-state index < -0.39 is 0 Å². The first-order valence-electron chi connectivity index (χ1n) is 2.74. The fourth-order valence-corrected chi connectivity index (χ4v) is 1.03. The van der Waals surface area contributed by atoms with E-state index in [4.69, 9.17) is 12.2 Å². The zero-order valence-corrected chi connectivity index (χ0v) is 5.72. The summed E-state index contributed by atoms with van der Waals surface area (Å²) in [6.07, 6.45) is 3.15. The van der Waals surface area contributed by atoms with Crippen molar-refractivity contribution in [3.63, 3.8) is 0 Å². The van der Waals surface area contributed by atoms with Gasteiger partial charge in [0.2, 0.25) is 0 Å². The summed E-state index contributed by atoms with van der Waals surface area (Å²) in [6.45, 7) is 3.12. The summed E-state index contributed by atoms with van der Waals surface area (Å²) in [6, 6.07) is 0. The zero-order valence-electron chi connectivity index (χ0n) is 4.90. The summed E-state index contributed by atoms with van der Waals surface area (Å²) < 4.78 is 0. The van der Waals surface area contributed by atoms with Gasteiger partial charge in [0, 0.05) is 6.54 Å². The van der Waals surface area contributed by atoms with Gasteiger partial charge in [0.25, 0.3) is 0 Å².